The lowest BCUT2D eigenvalue weighted by atomic mass is 9.96. The van der Waals surface area contributed by atoms with Gasteiger partial charge in [0.05, 0.1) is 12.3 Å². The van der Waals surface area contributed by atoms with Gasteiger partial charge in [-0.3, -0.25) is 9.69 Å². The largest absolute Gasteiger partial charge is 0.296 e. The zero-order chi connectivity index (χ0) is 12.4. The van der Waals surface area contributed by atoms with E-state index in [0.717, 1.165) is 18.8 Å². The Bertz CT molecular complexity index is 473. The summed E-state index contributed by atoms with van der Waals surface area (Å²) in [6.45, 7) is 2.90. The summed E-state index contributed by atoms with van der Waals surface area (Å²) in [6.07, 6.45) is 11.4. The highest BCUT2D eigenvalue weighted by Gasteiger charge is 2.26. The topological polar surface area (TPSA) is 45.0 Å². The Balaban J connectivity index is 0.00000133. The molecule has 0 aromatic carbocycles. The number of rotatable bonds is 2. The molecule has 1 fully saturated rings. The van der Waals surface area contributed by atoms with Gasteiger partial charge in [0.25, 0.3) is 5.91 Å². The van der Waals surface area contributed by atoms with Crippen LogP contribution in [0.25, 0.3) is 0 Å². The number of likely N-dealkylation sites (tertiary alicyclic amines) is 1. The van der Waals surface area contributed by atoms with Crippen LogP contribution in [0.15, 0.2) is 34.3 Å². The summed E-state index contributed by atoms with van der Waals surface area (Å²) in [5, 5.41) is 0. The Kier molecular flexibility index (Phi) is 4.66. The summed E-state index contributed by atoms with van der Waals surface area (Å²) < 4.78 is 0. The van der Waals surface area contributed by atoms with Gasteiger partial charge in [-0.2, -0.15) is 4.99 Å². The molecule has 1 unspecified atom stereocenters. The van der Waals surface area contributed by atoms with Gasteiger partial charge in [-0.05, 0) is 32.0 Å². The highest BCUT2D eigenvalue weighted by Crippen LogP contribution is 2.17. The van der Waals surface area contributed by atoms with Gasteiger partial charge in [-0.1, -0.05) is 24.6 Å². The molecule has 2 heterocycles. The van der Waals surface area contributed by atoms with Crippen LogP contribution in [0.5, 0.6) is 0 Å². The summed E-state index contributed by atoms with van der Waals surface area (Å²) in [7, 11) is 0. The monoisotopic (exact) mass is 279 g/mol. The predicted octanol–water partition coefficient (Wildman–Crippen LogP) is 2.02. The lowest BCUT2D eigenvalue weighted by Crippen LogP contribution is -2.37. The van der Waals surface area contributed by atoms with Crippen LogP contribution in [0.2, 0.25) is 0 Å². The molecule has 0 saturated carbocycles. The van der Waals surface area contributed by atoms with E-state index in [9.17, 15) is 4.79 Å². The van der Waals surface area contributed by atoms with E-state index in [1.165, 1.54) is 19.3 Å². The van der Waals surface area contributed by atoms with Crippen molar-refractivity contribution < 1.29 is 4.79 Å². The van der Waals surface area contributed by atoms with Crippen molar-refractivity contribution in [3.8, 4) is 0 Å². The molecule has 0 aromatic heterocycles. The minimum atomic E-state index is -0.250. The van der Waals surface area contributed by atoms with Crippen molar-refractivity contribution in [2.45, 2.75) is 19.3 Å². The number of halogens is 1. The average molecular weight is 280 g/mol. The highest BCUT2D eigenvalue weighted by atomic mass is 35.5. The molecule has 0 radical (unpaired) electrons. The van der Waals surface area contributed by atoms with Gasteiger partial charge in [0.15, 0.2) is 0 Å². The zero-order valence-electron chi connectivity index (χ0n) is 10.8. The number of carbonyl (C=O) groups is 1. The van der Waals surface area contributed by atoms with Crippen LogP contribution >= 0.6 is 12.4 Å². The summed E-state index contributed by atoms with van der Waals surface area (Å²) >= 11 is 0. The Morgan fingerprint density at radius 2 is 1.95 bits per heavy atom. The van der Waals surface area contributed by atoms with Crippen molar-refractivity contribution in [1.29, 1.82) is 0 Å². The fourth-order valence-electron chi connectivity index (χ4n) is 2.61. The molecule has 1 atom stereocenters. The first-order valence-electron chi connectivity index (χ1n) is 6.60. The van der Waals surface area contributed by atoms with Crippen LogP contribution in [-0.4, -0.2) is 42.0 Å². The molecule has 3 aliphatic rings. The number of nitrogens with zero attached hydrogens (tertiary/aromatic N) is 3. The van der Waals surface area contributed by atoms with E-state index >= 15 is 0 Å². The fourth-order valence-corrected chi connectivity index (χ4v) is 2.61. The van der Waals surface area contributed by atoms with Crippen LogP contribution < -0.4 is 0 Å². The van der Waals surface area contributed by atoms with Crippen LogP contribution in [0.1, 0.15) is 19.3 Å². The normalized spacial score (nSPS) is 26.3. The Labute approximate surface area is 119 Å². The van der Waals surface area contributed by atoms with Crippen molar-refractivity contribution in [3.63, 3.8) is 0 Å². The summed E-state index contributed by atoms with van der Waals surface area (Å²) in [5.41, 5.74) is 0.838. The third-order valence-corrected chi connectivity index (χ3v) is 3.58. The van der Waals surface area contributed by atoms with E-state index in [4.69, 9.17) is 0 Å². The second kappa shape index (κ2) is 6.26. The molecule has 2 aliphatic heterocycles. The van der Waals surface area contributed by atoms with E-state index in [2.05, 4.69) is 14.9 Å². The maximum atomic E-state index is 11.9. The number of aliphatic imine (C=N–C) groups is 2. The van der Waals surface area contributed by atoms with Gasteiger partial charge in [0.2, 0.25) is 0 Å². The molecular weight excluding hydrogens is 262 g/mol. The van der Waals surface area contributed by atoms with Crippen molar-refractivity contribution in [2.24, 2.45) is 15.9 Å². The van der Waals surface area contributed by atoms with Gasteiger partial charge in [0, 0.05) is 0 Å². The number of hydrogen-bond acceptors (Lipinski definition) is 3. The summed E-state index contributed by atoms with van der Waals surface area (Å²) in [6, 6.07) is 0. The standard InChI is InChI=1S/C14H17N3O.ClH/c18-14-11-6-2-3-7-12(11)15-13(16-14)10-17-8-4-1-5-9-17;/h2-3,6-7,11H,1,4-5,8-10H2;1H. The molecule has 1 amide bonds. The van der Waals surface area contributed by atoms with Gasteiger partial charge >= 0.3 is 0 Å². The maximum absolute atomic E-state index is 11.9. The lowest BCUT2D eigenvalue weighted by Gasteiger charge is -2.27. The van der Waals surface area contributed by atoms with Crippen molar-refractivity contribution in [2.75, 3.05) is 19.6 Å². The SMILES string of the molecule is Cl.O=C1N=C(CN2CCCCC2)N=C2C=CC=CC12. The van der Waals surface area contributed by atoms with E-state index in [1.807, 2.05) is 24.3 Å². The number of allylic oxidation sites excluding steroid dienone is 3. The highest BCUT2D eigenvalue weighted by molar-refractivity contribution is 6.21. The molecule has 3 rings (SSSR count). The molecule has 0 aromatic rings. The maximum Gasteiger partial charge on any atom is 0.260 e. The molecule has 0 spiro atoms. The zero-order valence-corrected chi connectivity index (χ0v) is 11.6. The first-order chi connectivity index (χ1) is 8.83. The summed E-state index contributed by atoms with van der Waals surface area (Å²) in [5.74, 6) is 0.348. The molecule has 19 heavy (non-hydrogen) atoms. The van der Waals surface area contributed by atoms with Crippen LogP contribution in [0.4, 0.5) is 0 Å². The summed E-state index contributed by atoms with van der Waals surface area (Å²) in [4.78, 5) is 22.9. The fraction of sp³-hybridized carbons (Fsp3) is 0.500. The Morgan fingerprint density at radius 3 is 2.74 bits per heavy atom. The average Bonchev–Trinajstić information content (AvgIpc) is 2.40. The molecule has 4 nitrogen and oxygen atoms in total. The Morgan fingerprint density at radius 1 is 1.16 bits per heavy atom. The van der Waals surface area contributed by atoms with Gasteiger partial charge < -0.3 is 0 Å². The molecular formula is C14H18ClN3O. The molecule has 102 valence electrons. The molecule has 0 N–H and O–H groups in total. The van der Waals surface area contributed by atoms with Gasteiger partial charge in [-0.15, -0.1) is 12.4 Å². The first-order valence-corrected chi connectivity index (χ1v) is 6.60. The Hall–Kier alpha value is -1.26. The van der Waals surface area contributed by atoms with E-state index in [-0.39, 0.29) is 24.2 Å². The van der Waals surface area contributed by atoms with Gasteiger partial charge in [0.1, 0.15) is 11.8 Å². The van der Waals surface area contributed by atoms with Crippen molar-refractivity contribution in [1.82, 2.24) is 4.90 Å². The molecule has 0 bridgehead atoms. The van der Waals surface area contributed by atoms with Crippen molar-refractivity contribution >= 4 is 29.9 Å². The third-order valence-electron chi connectivity index (χ3n) is 3.58. The second-order valence-corrected chi connectivity index (χ2v) is 4.96. The predicted molar refractivity (Wildman–Crippen MR) is 79.2 cm³/mol. The number of fused-ring (bicyclic) bond motifs is 1. The van der Waals surface area contributed by atoms with E-state index in [1.54, 1.807) is 0 Å². The number of amides is 1. The molecule has 1 saturated heterocycles. The quantitative estimate of drug-likeness (QED) is 0.776. The van der Waals surface area contributed by atoms with E-state index < -0.39 is 0 Å². The third kappa shape index (κ3) is 3.19. The van der Waals surface area contributed by atoms with E-state index in [0.29, 0.717) is 12.4 Å². The van der Waals surface area contributed by atoms with Crippen LogP contribution in [0.3, 0.4) is 0 Å². The number of hydrogen-bond donors (Lipinski definition) is 0. The van der Waals surface area contributed by atoms with Crippen molar-refractivity contribution in [3.05, 3.63) is 24.3 Å². The minimum absolute atomic E-state index is 0. The minimum Gasteiger partial charge on any atom is -0.296 e. The second-order valence-electron chi connectivity index (χ2n) is 4.96. The smallest absolute Gasteiger partial charge is 0.260 e. The van der Waals surface area contributed by atoms with Crippen LogP contribution in [-0.2, 0) is 4.79 Å². The molecule has 1 aliphatic carbocycles. The number of carbonyl (C=O) groups excluding carboxylic acids is 1. The van der Waals surface area contributed by atoms with Gasteiger partial charge in [-0.25, -0.2) is 4.99 Å². The number of piperidine rings is 1. The lowest BCUT2D eigenvalue weighted by molar-refractivity contribution is -0.118. The number of amidine groups is 1. The molecule has 5 heteroatoms. The first kappa shape index (κ1) is 14.2. The van der Waals surface area contributed by atoms with Crippen LogP contribution in [0, 0.1) is 5.92 Å².